The standard InChI is InChI=1S/C24H34N4OS/c1-19-6-7-23(30-19)8-12-26-24(29)21-5-3-13-28(18-21)22-9-14-27(15-10-22)17-20-4-2-11-25-16-20/h2,4,6-7,11,16,21-22H,3,5,8-10,12-15,17-18H2,1H3,(H,26,29)/t21-/m0/s1. The van der Waals surface area contributed by atoms with Gasteiger partial charge in [0, 0.05) is 47.8 Å². The molecular formula is C24H34N4OS. The molecule has 0 radical (unpaired) electrons. The third-order valence-corrected chi connectivity index (χ3v) is 7.55. The molecule has 162 valence electrons. The normalized spacial score (nSPS) is 21.6. The lowest BCUT2D eigenvalue weighted by Gasteiger charge is -2.42. The largest absolute Gasteiger partial charge is 0.355 e. The molecule has 2 aromatic heterocycles. The van der Waals surface area contributed by atoms with E-state index in [2.05, 4.69) is 45.2 Å². The summed E-state index contributed by atoms with van der Waals surface area (Å²) in [5.74, 6) is 0.402. The second-order valence-electron chi connectivity index (χ2n) is 8.76. The van der Waals surface area contributed by atoms with Crippen molar-refractivity contribution in [2.24, 2.45) is 5.92 Å². The van der Waals surface area contributed by atoms with Crippen LogP contribution in [0, 0.1) is 12.8 Å². The maximum atomic E-state index is 12.7. The summed E-state index contributed by atoms with van der Waals surface area (Å²) in [5.41, 5.74) is 1.29. The van der Waals surface area contributed by atoms with Crippen molar-refractivity contribution < 1.29 is 4.79 Å². The lowest BCUT2D eigenvalue weighted by molar-refractivity contribution is -0.127. The molecule has 1 atom stereocenters. The van der Waals surface area contributed by atoms with Gasteiger partial charge in [-0.3, -0.25) is 19.6 Å². The first-order chi connectivity index (χ1) is 14.7. The van der Waals surface area contributed by atoms with Gasteiger partial charge >= 0.3 is 0 Å². The number of piperidine rings is 2. The average Bonchev–Trinajstić information content (AvgIpc) is 3.20. The van der Waals surface area contributed by atoms with Gasteiger partial charge in [0.05, 0.1) is 5.92 Å². The molecule has 2 aromatic rings. The number of likely N-dealkylation sites (tertiary alicyclic amines) is 2. The number of aromatic nitrogens is 1. The van der Waals surface area contributed by atoms with Crippen molar-refractivity contribution in [3.8, 4) is 0 Å². The Kier molecular flexibility index (Phi) is 7.52. The molecule has 4 heterocycles. The first-order valence-electron chi connectivity index (χ1n) is 11.4. The van der Waals surface area contributed by atoms with Crippen LogP contribution in [0.15, 0.2) is 36.7 Å². The highest BCUT2D eigenvalue weighted by molar-refractivity contribution is 7.11. The smallest absolute Gasteiger partial charge is 0.224 e. The molecule has 0 spiro atoms. The third kappa shape index (κ3) is 5.90. The average molecular weight is 427 g/mol. The number of hydrogen-bond acceptors (Lipinski definition) is 5. The van der Waals surface area contributed by atoms with E-state index in [0.717, 1.165) is 58.5 Å². The Balaban J connectivity index is 1.19. The predicted molar refractivity (Wildman–Crippen MR) is 123 cm³/mol. The van der Waals surface area contributed by atoms with E-state index in [9.17, 15) is 4.79 Å². The molecule has 2 saturated heterocycles. The number of carbonyl (C=O) groups is 1. The first kappa shape index (κ1) is 21.5. The van der Waals surface area contributed by atoms with Crippen LogP contribution in [0.5, 0.6) is 0 Å². The molecule has 5 nitrogen and oxygen atoms in total. The summed E-state index contributed by atoms with van der Waals surface area (Å²) in [6.07, 6.45) is 9.31. The molecule has 2 fully saturated rings. The van der Waals surface area contributed by atoms with Crippen LogP contribution in [0.1, 0.15) is 41.0 Å². The van der Waals surface area contributed by atoms with E-state index in [1.807, 2.05) is 29.8 Å². The van der Waals surface area contributed by atoms with E-state index in [4.69, 9.17) is 0 Å². The lowest BCUT2D eigenvalue weighted by atomic mass is 9.93. The summed E-state index contributed by atoms with van der Waals surface area (Å²) >= 11 is 1.83. The molecule has 0 aromatic carbocycles. The van der Waals surface area contributed by atoms with Crippen molar-refractivity contribution in [1.29, 1.82) is 0 Å². The van der Waals surface area contributed by atoms with Gasteiger partial charge in [0.15, 0.2) is 0 Å². The summed E-state index contributed by atoms with van der Waals surface area (Å²) in [7, 11) is 0. The van der Waals surface area contributed by atoms with Crippen LogP contribution in [0.4, 0.5) is 0 Å². The minimum atomic E-state index is 0.150. The second-order valence-corrected chi connectivity index (χ2v) is 10.1. The van der Waals surface area contributed by atoms with Crippen LogP contribution < -0.4 is 5.32 Å². The van der Waals surface area contributed by atoms with Gasteiger partial charge < -0.3 is 5.32 Å². The molecule has 0 unspecified atom stereocenters. The SMILES string of the molecule is Cc1ccc(CCNC(=O)[C@H]2CCCN(C3CCN(Cc4cccnc4)CC3)C2)s1. The maximum absolute atomic E-state index is 12.7. The van der Waals surface area contributed by atoms with E-state index in [-0.39, 0.29) is 11.8 Å². The van der Waals surface area contributed by atoms with E-state index in [1.165, 1.54) is 28.2 Å². The van der Waals surface area contributed by atoms with Crippen molar-refractivity contribution >= 4 is 17.2 Å². The van der Waals surface area contributed by atoms with Gasteiger partial charge in [-0.25, -0.2) is 0 Å². The van der Waals surface area contributed by atoms with Crippen LogP contribution in [0.2, 0.25) is 0 Å². The monoisotopic (exact) mass is 426 g/mol. The van der Waals surface area contributed by atoms with Crippen molar-refractivity contribution in [2.75, 3.05) is 32.7 Å². The highest BCUT2D eigenvalue weighted by Crippen LogP contribution is 2.25. The number of carbonyl (C=O) groups excluding carboxylic acids is 1. The third-order valence-electron chi connectivity index (χ3n) is 6.49. The van der Waals surface area contributed by atoms with Crippen LogP contribution in [-0.4, -0.2) is 59.5 Å². The van der Waals surface area contributed by atoms with Gasteiger partial charge in [-0.1, -0.05) is 6.07 Å². The summed E-state index contributed by atoms with van der Waals surface area (Å²) in [6.45, 7) is 8.22. The number of rotatable bonds is 7. The van der Waals surface area contributed by atoms with Gasteiger partial charge in [-0.2, -0.15) is 0 Å². The van der Waals surface area contributed by atoms with Crippen molar-refractivity contribution in [1.82, 2.24) is 20.1 Å². The first-order valence-corrected chi connectivity index (χ1v) is 12.2. The highest BCUT2D eigenvalue weighted by atomic mass is 32.1. The van der Waals surface area contributed by atoms with Crippen molar-refractivity contribution in [3.63, 3.8) is 0 Å². The zero-order valence-electron chi connectivity index (χ0n) is 18.1. The second kappa shape index (κ2) is 10.5. The Bertz CT molecular complexity index is 801. The molecule has 2 aliphatic rings. The summed E-state index contributed by atoms with van der Waals surface area (Å²) in [5, 5.41) is 3.19. The summed E-state index contributed by atoms with van der Waals surface area (Å²) < 4.78 is 0. The molecule has 30 heavy (non-hydrogen) atoms. The highest BCUT2D eigenvalue weighted by Gasteiger charge is 2.31. The van der Waals surface area contributed by atoms with Crippen LogP contribution in [0.25, 0.3) is 0 Å². The fraction of sp³-hybridized carbons (Fsp3) is 0.583. The van der Waals surface area contributed by atoms with Crippen molar-refractivity contribution in [2.45, 2.75) is 51.6 Å². The molecule has 2 aliphatic heterocycles. The molecule has 1 N–H and O–H groups in total. The van der Waals surface area contributed by atoms with Crippen LogP contribution in [0.3, 0.4) is 0 Å². The number of nitrogens with one attached hydrogen (secondary N) is 1. The van der Waals surface area contributed by atoms with Gasteiger partial charge in [-0.15, -0.1) is 11.3 Å². The number of hydrogen-bond donors (Lipinski definition) is 1. The Hall–Kier alpha value is -1.76. The fourth-order valence-corrected chi connectivity index (χ4v) is 5.71. The van der Waals surface area contributed by atoms with Gasteiger partial charge in [0.1, 0.15) is 0 Å². The summed E-state index contributed by atoms with van der Waals surface area (Å²) in [6, 6.07) is 9.13. The maximum Gasteiger partial charge on any atom is 0.224 e. The molecule has 0 saturated carbocycles. The van der Waals surface area contributed by atoms with Crippen LogP contribution in [-0.2, 0) is 17.8 Å². The van der Waals surface area contributed by atoms with Gasteiger partial charge in [0.2, 0.25) is 5.91 Å². The number of aryl methyl sites for hydroxylation is 1. The van der Waals surface area contributed by atoms with E-state index in [1.54, 1.807) is 0 Å². The number of pyridine rings is 1. The Morgan fingerprint density at radius 2 is 2.07 bits per heavy atom. The molecule has 1 amide bonds. The Morgan fingerprint density at radius 3 is 2.80 bits per heavy atom. The Morgan fingerprint density at radius 1 is 1.20 bits per heavy atom. The number of thiophene rings is 1. The quantitative estimate of drug-likeness (QED) is 0.736. The van der Waals surface area contributed by atoms with Crippen molar-refractivity contribution in [3.05, 3.63) is 52.0 Å². The van der Waals surface area contributed by atoms with E-state index < -0.39 is 0 Å². The molecule has 4 rings (SSSR count). The van der Waals surface area contributed by atoms with E-state index >= 15 is 0 Å². The minimum absolute atomic E-state index is 0.150. The molecule has 0 bridgehead atoms. The molecular weight excluding hydrogens is 392 g/mol. The fourth-order valence-electron chi connectivity index (χ4n) is 4.82. The number of nitrogens with zero attached hydrogens (tertiary/aromatic N) is 3. The molecule has 0 aliphatic carbocycles. The van der Waals surface area contributed by atoms with Crippen LogP contribution >= 0.6 is 11.3 Å². The zero-order chi connectivity index (χ0) is 20.8. The Labute approximate surface area is 184 Å². The zero-order valence-corrected chi connectivity index (χ0v) is 18.9. The minimum Gasteiger partial charge on any atom is -0.355 e. The predicted octanol–water partition coefficient (Wildman–Crippen LogP) is 3.49. The summed E-state index contributed by atoms with van der Waals surface area (Å²) in [4.78, 5) is 24.8. The molecule has 6 heteroatoms. The lowest BCUT2D eigenvalue weighted by Crippen LogP contribution is -2.50. The van der Waals surface area contributed by atoms with E-state index in [0.29, 0.717) is 6.04 Å². The van der Waals surface area contributed by atoms with Gasteiger partial charge in [-0.05, 0) is 82.4 Å². The number of amides is 1. The van der Waals surface area contributed by atoms with Gasteiger partial charge in [0.25, 0.3) is 0 Å². The topological polar surface area (TPSA) is 48.5 Å².